The Morgan fingerprint density at radius 3 is 2.88 bits per heavy atom. The fourth-order valence-corrected chi connectivity index (χ4v) is 4.51. The van der Waals surface area contributed by atoms with Gasteiger partial charge < -0.3 is 15.2 Å². The van der Waals surface area contributed by atoms with E-state index in [0.29, 0.717) is 19.0 Å². The lowest BCUT2D eigenvalue weighted by Gasteiger charge is -2.09. The summed E-state index contributed by atoms with van der Waals surface area (Å²) in [6.45, 7) is 5.04. The van der Waals surface area contributed by atoms with Gasteiger partial charge in [-0.2, -0.15) is 0 Å². The van der Waals surface area contributed by atoms with Gasteiger partial charge in [0.25, 0.3) is 0 Å². The molecule has 8 heteroatoms. The second-order valence-electron chi connectivity index (χ2n) is 5.86. The highest BCUT2D eigenvalue weighted by atomic mass is 32.2. The number of hydrogen-bond donors (Lipinski definition) is 2. The van der Waals surface area contributed by atoms with E-state index in [-0.39, 0.29) is 0 Å². The third-order valence-corrected chi connectivity index (χ3v) is 6.67. The van der Waals surface area contributed by atoms with Crippen LogP contribution in [0.5, 0.6) is 0 Å². The molecule has 0 aliphatic heterocycles. The number of ether oxygens (including phenoxy) is 1. The van der Waals surface area contributed by atoms with Crippen molar-refractivity contribution in [3.05, 3.63) is 51.7 Å². The minimum Gasteiger partial charge on any atom is -0.390 e. The molecule has 3 rings (SSSR count). The molecule has 0 aliphatic rings. The molecule has 1 atom stereocenters. The standard InChI is InChI=1S/C18H21N3O2S3/c1-12-5-6-14(8-13(12)2)19-17-20-21-18(26-17)25-11-15(22)9-23-10-16-4-3-7-24-16/h3-8,15,22H,9-11H2,1-2H3,(H,19,20)/t15-/m1/s1. The highest BCUT2D eigenvalue weighted by Crippen LogP contribution is 2.28. The first-order valence-electron chi connectivity index (χ1n) is 8.19. The highest BCUT2D eigenvalue weighted by Gasteiger charge is 2.10. The van der Waals surface area contributed by atoms with Gasteiger partial charge in [0, 0.05) is 16.3 Å². The topological polar surface area (TPSA) is 67.3 Å². The predicted octanol–water partition coefficient (Wildman–Crippen LogP) is 4.63. The molecular weight excluding hydrogens is 386 g/mol. The summed E-state index contributed by atoms with van der Waals surface area (Å²) in [7, 11) is 0. The van der Waals surface area contributed by atoms with E-state index in [0.717, 1.165) is 20.0 Å². The zero-order chi connectivity index (χ0) is 18.4. The summed E-state index contributed by atoms with van der Waals surface area (Å²) in [5.74, 6) is 0.530. The number of aliphatic hydroxyl groups is 1. The van der Waals surface area contributed by atoms with Crippen LogP contribution in [0.4, 0.5) is 10.8 Å². The summed E-state index contributed by atoms with van der Waals surface area (Å²) in [5.41, 5.74) is 3.50. The van der Waals surface area contributed by atoms with E-state index in [2.05, 4.69) is 41.5 Å². The van der Waals surface area contributed by atoms with E-state index in [4.69, 9.17) is 4.74 Å². The van der Waals surface area contributed by atoms with E-state index < -0.39 is 6.10 Å². The lowest BCUT2D eigenvalue weighted by Crippen LogP contribution is -2.17. The number of hydrogen-bond acceptors (Lipinski definition) is 8. The minimum atomic E-state index is -0.528. The minimum absolute atomic E-state index is 0.317. The summed E-state index contributed by atoms with van der Waals surface area (Å²) >= 11 is 4.63. The number of aliphatic hydroxyl groups excluding tert-OH is 1. The van der Waals surface area contributed by atoms with E-state index >= 15 is 0 Å². The summed E-state index contributed by atoms with van der Waals surface area (Å²) in [6.07, 6.45) is -0.528. The van der Waals surface area contributed by atoms with Crippen molar-refractivity contribution in [1.82, 2.24) is 10.2 Å². The molecular formula is C18H21N3O2S3. The van der Waals surface area contributed by atoms with Crippen molar-refractivity contribution in [2.24, 2.45) is 0 Å². The molecule has 138 valence electrons. The maximum absolute atomic E-state index is 10.0. The van der Waals surface area contributed by atoms with E-state index in [9.17, 15) is 5.11 Å². The second-order valence-corrected chi connectivity index (χ2v) is 9.13. The average Bonchev–Trinajstić information content (AvgIpc) is 3.28. The monoisotopic (exact) mass is 407 g/mol. The molecule has 0 fully saturated rings. The van der Waals surface area contributed by atoms with Crippen molar-refractivity contribution in [2.75, 3.05) is 17.7 Å². The predicted molar refractivity (Wildman–Crippen MR) is 110 cm³/mol. The molecule has 0 spiro atoms. The van der Waals surface area contributed by atoms with Gasteiger partial charge in [-0.3, -0.25) is 0 Å². The number of nitrogens with zero attached hydrogens (tertiary/aromatic N) is 2. The van der Waals surface area contributed by atoms with Crippen molar-refractivity contribution in [2.45, 2.75) is 30.9 Å². The molecule has 0 saturated carbocycles. The van der Waals surface area contributed by atoms with Crippen LogP contribution in [-0.4, -0.2) is 33.8 Å². The Bertz CT molecular complexity index is 821. The van der Waals surface area contributed by atoms with Crippen LogP contribution < -0.4 is 5.32 Å². The second kappa shape index (κ2) is 9.48. The van der Waals surface area contributed by atoms with Gasteiger partial charge in [-0.05, 0) is 48.6 Å². The number of nitrogens with one attached hydrogen (secondary N) is 1. The lowest BCUT2D eigenvalue weighted by atomic mass is 10.1. The van der Waals surface area contributed by atoms with E-state index in [1.165, 1.54) is 34.2 Å². The highest BCUT2D eigenvalue weighted by molar-refractivity contribution is 8.01. The molecule has 2 aromatic heterocycles. The number of anilines is 2. The molecule has 0 saturated heterocycles. The summed E-state index contributed by atoms with van der Waals surface area (Å²) < 4.78 is 6.36. The lowest BCUT2D eigenvalue weighted by molar-refractivity contribution is 0.0409. The largest absolute Gasteiger partial charge is 0.390 e. The summed E-state index contributed by atoms with van der Waals surface area (Å²) in [6, 6.07) is 10.2. The number of aromatic nitrogens is 2. The van der Waals surface area contributed by atoms with Gasteiger partial charge in [0.15, 0.2) is 4.34 Å². The normalized spacial score (nSPS) is 12.3. The molecule has 0 aliphatic carbocycles. The first-order valence-corrected chi connectivity index (χ1v) is 10.9. The smallest absolute Gasteiger partial charge is 0.210 e. The van der Waals surface area contributed by atoms with Gasteiger partial charge in [-0.15, -0.1) is 21.5 Å². The van der Waals surface area contributed by atoms with E-state index in [1.54, 1.807) is 11.3 Å². The van der Waals surface area contributed by atoms with Crippen LogP contribution in [0.1, 0.15) is 16.0 Å². The van der Waals surface area contributed by atoms with E-state index in [1.807, 2.05) is 23.6 Å². The van der Waals surface area contributed by atoms with Crippen LogP contribution in [-0.2, 0) is 11.3 Å². The number of thioether (sulfide) groups is 1. The third-order valence-electron chi connectivity index (χ3n) is 3.70. The average molecular weight is 408 g/mol. The molecule has 2 N–H and O–H groups in total. The molecule has 5 nitrogen and oxygen atoms in total. The van der Waals surface area contributed by atoms with Gasteiger partial charge in [0.2, 0.25) is 5.13 Å². The van der Waals surface area contributed by atoms with Gasteiger partial charge in [0.05, 0.1) is 19.3 Å². The molecule has 2 heterocycles. The maximum Gasteiger partial charge on any atom is 0.210 e. The quantitative estimate of drug-likeness (QED) is 0.504. The van der Waals surface area contributed by atoms with Crippen LogP contribution in [0.15, 0.2) is 40.1 Å². The molecule has 0 radical (unpaired) electrons. The maximum atomic E-state index is 10.0. The number of rotatable bonds is 9. The van der Waals surface area contributed by atoms with Gasteiger partial charge in [0.1, 0.15) is 0 Å². The summed E-state index contributed by atoms with van der Waals surface area (Å²) in [4.78, 5) is 1.16. The fourth-order valence-electron chi connectivity index (χ4n) is 2.17. The van der Waals surface area contributed by atoms with Crippen LogP contribution in [0.2, 0.25) is 0 Å². The Morgan fingerprint density at radius 2 is 2.12 bits per heavy atom. The van der Waals surface area contributed by atoms with Crippen LogP contribution in [0.25, 0.3) is 0 Å². The molecule has 1 aromatic carbocycles. The first kappa shape index (κ1) is 19.3. The first-order chi connectivity index (χ1) is 12.6. The van der Waals surface area contributed by atoms with Crippen molar-refractivity contribution < 1.29 is 9.84 Å². The SMILES string of the molecule is Cc1ccc(Nc2nnc(SC[C@H](O)COCc3cccs3)s2)cc1C. The third kappa shape index (κ3) is 5.78. The number of aryl methyl sites for hydroxylation is 2. The zero-order valence-electron chi connectivity index (χ0n) is 14.6. The molecule has 26 heavy (non-hydrogen) atoms. The van der Waals surface area contributed by atoms with Crippen molar-refractivity contribution in [3.8, 4) is 0 Å². The Hall–Kier alpha value is -1.45. The molecule has 3 aromatic rings. The van der Waals surface area contributed by atoms with Crippen LogP contribution in [0.3, 0.4) is 0 Å². The molecule has 0 unspecified atom stereocenters. The molecule has 0 amide bonds. The van der Waals surface area contributed by atoms with Gasteiger partial charge in [-0.25, -0.2) is 0 Å². The number of thiophene rings is 1. The zero-order valence-corrected chi connectivity index (χ0v) is 17.1. The fraction of sp³-hybridized carbons (Fsp3) is 0.333. The van der Waals surface area contributed by atoms with Crippen molar-refractivity contribution >= 4 is 45.3 Å². The Labute approximate surface area is 165 Å². The van der Waals surface area contributed by atoms with Crippen molar-refractivity contribution in [3.63, 3.8) is 0 Å². The Balaban J connectivity index is 1.42. The number of benzene rings is 1. The Kier molecular flexibility index (Phi) is 7.04. The van der Waals surface area contributed by atoms with Gasteiger partial charge >= 0.3 is 0 Å². The van der Waals surface area contributed by atoms with Crippen LogP contribution in [0, 0.1) is 13.8 Å². The van der Waals surface area contributed by atoms with Gasteiger partial charge in [-0.1, -0.05) is 35.2 Å². The summed E-state index contributed by atoms with van der Waals surface area (Å²) in [5, 5.41) is 24.4. The van der Waals surface area contributed by atoms with Crippen LogP contribution >= 0.6 is 34.4 Å². The Morgan fingerprint density at radius 1 is 1.23 bits per heavy atom. The molecule has 0 bridgehead atoms. The van der Waals surface area contributed by atoms with Crippen molar-refractivity contribution in [1.29, 1.82) is 0 Å².